The van der Waals surface area contributed by atoms with E-state index in [0.29, 0.717) is 0 Å². The van der Waals surface area contributed by atoms with E-state index in [-0.39, 0.29) is 0 Å². The van der Waals surface area contributed by atoms with Gasteiger partial charge in [0.25, 0.3) is 0 Å². The Bertz CT molecular complexity index is 564. The minimum atomic E-state index is 0.986. The Morgan fingerprint density at radius 3 is 2.39 bits per heavy atom. The van der Waals surface area contributed by atoms with Crippen molar-refractivity contribution in [2.45, 2.75) is 74.8 Å². The highest BCUT2D eigenvalue weighted by molar-refractivity contribution is 5.68. The molecule has 0 atom stereocenters. The molecule has 1 aliphatic heterocycles. The first-order chi connectivity index (χ1) is 11.1. The maximum absolute atomic E-state index is 3.51. The number of nitrogens with one attached hydrogen (secondary N) is 1. The summed E-state index contributed by atoms with van der Waals surface area (Å²) in [6, 6.07) is 2.32. The fraction of sp³-hybridized carbons (Fsp3) is 0.545. The number of hydrogen-bond acceptors (Lipinski definition) is 1. The third kappa shape index (κ3) is 6.24. The van der Waals surface area contributed by atoms with Gasteiger partial charge in [0.15, 0.2) is 0 Å². The molecule has 128 valence electrons. The third-order valence-corrected chi connectivity index (χ3v) is 3.55. The molecule has 0 saturated heterocycles. The van der Waals surface area contributed by atoms with Crippen LogP contribution in [0.5, 0.6) is 0 Å². The van der Waals surface area contributed by atoms with Crippen LogP contribution in [0.1, 0.15) is 82.7 Å². The second-order valence-corrected chi connectivity index (χ2v) is 5.50. The van der Waals surface area contributed by atoms with Crippen molar-refractivity contribution in [3.05, 3.63) is 39.5 Å². The molecule has 1 heteroatoms. The van der Waals surface area contributed by atoms with E-state index in [1.807, 2.05) is 34.6 Å². The van der Waals surface area contributed by atoms with Gasteiger partial charge in [-0.15, -0.1) is 5.92 Å². The zero-order chi connectivity index (χ0) is 17.8. The Kier molecular flexibility index (Phi) is 11.2. The van der Waals surface area contributed by atoms with Crippen LogP contribution in [-0.2, 0) is 13.0 Å². The number of fused-ring (bicyclic) bond motifs is 1. The standard InChI is InChI=1S/C18H23N.2C2H6/c1-5-7-16-14(4)11-15-12-19-9-6-8-17(15)18(16)10-13(2)3;2*1-2/h10-11,19H,6,8-9,12H2,1-4H3;2*1-2H3. The van der Waals surface area contributed by atoms with E-state index in [1.165, 1.54) is 39.8 Å². The SMILES string of the molecule is CC.CC.CC#Cc1c(C)cc2c(c1C=C(C)C)CCCNC2. The van der Waals surface area contributed by atoms with Crippen LogP contribution in [0, 0.1) is 18.8 Å². The van der Waals surface area contributed by atoms with Crippen molar-refractivity contribution >= 4 is 6.08 Å². The highest BCUT2D eigenvalue weighted by atomic mass is 14.8. The van der Waals surface area contributed by atoms with Crippen molar-refractivity contribution in [2.75, 3.05) is 6.54 Å². The predicted molar refractivity (Wildman–Crippen MR) is 106 cm³/mol. The van der Waals surface area contributed by atoms with E-state index in [9.17, 15) is 0 Å². The highest BCUT2D eigenvalue weighted by Crippen LogP contribution is 2.27. The predicted octanol–water partition coefficient (Wildman–Crippen LogP) is 5.88. The summed E-state index contributed by atoms with van der Waals surface area (Å²) in [4.78, 5) is 0. The van der Waals surface area contributed by atoms with E-state index in [1.54, 1.807) is 0 Å². The molecule has 1 N–H and O–H groups in total. The Hall–Kier alpha value is -1.52. The molecule has 2 rings (SSSR count). The Labute approximate surface area is 144 Å². The summed E-state index contributed by atoms with van der Waals surface area (Å²) < 4.78 is 0. The summed E-state index contributed by atoms with van der Waals surface area (Å²) in [5.74, 6) is 6.37. The maximum Gasteiger partial charge on any atom is 0.0349 e. The molecule has 0 bridgehead atoms. The summed E-state index contributed by atoms with van der Waals surface area (Å²) in [6.07, 6.45) is 4.66. The molecule has 0 radical (unpaired) electrons. The molecular weight excluding hydrogens is 278 g/mol. The van der Waals surface area contributed by atoms with Crippen LogP contribution in [0.15, 0.2) is 11.6 Å². The molecule has 1 aromatic rings. The van der Waals surface area contributed by atoms with Crippen LogP contribution in [0.3, 0.4) is 0 Å². The fourth-order valence-corrected chi connectivity index (χ4v) is 2.76. The maximum atomic E-state index is 3.51. The number of rotatable bonds is 1. The lowest BCUT2D eigenvalue weighted by atomic mass is 9.89. The van der Waals surface area contributed by atoms with Gasteiger partial charge >= 0.3 is 0 Å². The molecule has 1 aliphatic rings. The average molecular weight is 314 g/mol. The summed E-state index contributed by atoms with van der Waals surface area (Å²) in [6.45, 7) is 18.5. The van der Waals surface area contributed by atoms with E-state index in [2.05, 4.69) is 50.1 Å². The first-order valence-electron chi connectivity index (χ1n) is 9.07. The van der Waals surface area contributed by atoms with Crippen LogP contribution < -0.4 is 5.32 Å². The molecular formula is C22H35N. The van der Waals surface area contributed by atoms with E-state index in [0.717, 1.165) is 19.5 Å². The lowest BCUT2D eigenvalue weighted by molar-refractivity contribution is 0.680. The first-order valence-corrected chi connectivity index (χ1v) is 9.07. The van der Waals surface area contributed by atoms with E-state index in [4.69, 9.17) is 0 Å². The second-order valence-electron chi connectivity index (χ2n) is 5.50. The second kappa shape index (κ2) is 12.0. The Morgan fingerprint density at radius 2 is 1.83 bits per heavy atom. The molecule has 0 amide bonds. The zero-order valence-electron chi connectivity index (χ0n) is 16.5. The molecule has 0 aliphatic carbocycles. The van der Waals surface area contributed by atoms with E-state index < -0.39 is 0 Å². The van der Waals surface area contributed by atoms with Crippen molar-refractivity contribution < 1.29 is 0 Å². The van der Waals surface area contributed by atoms with Gasteiger partial charge in [0.1, 0.15) is 0 Å². The Morgan fingerprint density at radius 1 is 1.17 bits per heavy atom. The normalized spacial score (nSPS) is 12.0. The van der Waals surface area contributed by atoms with Gasteiger partial charge in [-0.05, 0) is 69.3 Å². The lowest BCUT2D eigenvalue weighted by Crippen LogP contribution is -2.12. The largest absolute Gasteiger partial charge is 0.313 e. The molecule has 0 fully saturated rings. The smallest absolute Gasteiger partial charge is 0.0349 e. The van der Waals surface area contributed by atoms with Gasteiger partial charge in [-0.2, -0.15) is 0 Å². The van der Waals surface area contributed by atoms with Gasteiger partial charge in [0.2, 0.25) is 0 Å². The monoisotopic (exact) mass is 313 g/mol. The first kappa shape index (κ1) is 21.5. The van der Waals surface area contributed by atoms with Crippen molar-refractivity contribution in [1.29, 1.82) is 0 Å². The lowest BCUT2D eigenvalue weighted by Gasteiger charge is -2.15. The molecule has 23 heavy (non-hydrogen) atoms. The quantitative estimate of drug-likeness (QED) is 0.639. The highest BCUT2D eigenvalue weighted by Gasteiger charge is 2.15. The molecule has 0 saturated carbocycles. The molecule has 1 heterocycles. The fourth-order valence-electron chi connectivity index (χ4n) is 2.76. The summed E-state index contributed by atoms with van der Waals surface area (Å²) >= 11 is 0. The zero-order valence-corrected chi connectivity index (χ0v) is 16.5. The van der Waals surface area contributed by atoms with Crippen molar-refractivity contribution in [3.63, 3.8) is 0 Å². The van der Waals surface area contributed by atoms with Crippen molar-refractivity contribution in [2.24, 2.45) is 0 Å². The van der Waals surface area contributed by atoms with Crippen LogP contribution >= 0.6 is 0 Å². The summed E-state index contributed by atoms with van der Waals surface area (Å²) in [5.41, 5.74) is 8.14. The molecule has 0 unspecified atom stereocenters. The summed E-state index contributed by atoms with van der Waals surface area (Å²) in [7, 11) is 0. The molecule has 1 aromatic carbocycles. The minimum absolute atomic E-state index is 0.986. The molecule has 0 aromatic heterocycles. The average Bonchev–Trinajstić information content (AvgIpc) is 2.79. The summed E-state index contributed by atoms with van der Waals surface area (Å²) in [5, 5.41) is 3.51. The van der Waals surface area contributed by atoms with Crippen LogP contribution in [0.2, 0.25) is 0 Å². The Balaban J connectivity index is 0.00000112. The number of benzene rings is 1. The number of allylic oxidation sites excluding steroid dienone is 1. The van der Waals surface area contributed by atoms with Gasteiger partial charge in [0.05, 0.1) is 0 Å². The molecule has 0 spiro atoms. The van der Waals surface area contributed by atoms with Gasteiger partial charge in [-0.1, -0.05) is 51.3 Å². The number of aryl methyl sites for hydroxylation is 1. The van der Waals surface area contributed by atoms with Gasteiger partial charge in [-0.25, -0.2) is 0 Å². The minimum Gasteiger partial charge on any atom is -0.313 e. The van der Waals surface area contributed by atoms with Crippen LogP contribution in [-0.4, -0.2) is 6.54 Å². The van der Waals surface area contributed by atoms with Crippen molar-refractivity contribution in [1.82, 2.24) is 5.32 Å². The molecule has 1 nitrogen and oxygen atoms in total. The van der Waals surface area contributed by atoms with Gasteiger partial charge in [0, 0.05) is 12.1 Å². The topological polar surface area (TPSA) is 12.0 Å². The number of hydrogen-bond donors (Lipinski definition) is 1. The van der Waals surface area contributed by atoms with Crippen LogP contribution in [0.4, 0.5) is 0 Å². The van der Waals surface area contributed by atoms with Crippen molar-refractivity contribution in [3.8, 4) is 11.8 Å². The van der Waals surface area contributed by atoms with Crippen LogP contribution in [0.25, 0.3) is 6.08 Å². The third-order valence-electron chi connectivity index (χ3n) is 3.55. The van der Waals surface area contributed by atoms with Gasteiger partial charge in [-0.3, -0.25) is 0 Å². The van der Waals surface area contributed by atoms with E-state index >= 15 is 0 Å². The van der Waals surface area contributed by atoms with Gasteiger partial charge < -0.3 is 5.32 Å².